The van der Waals surface area contributed by atoms with Crippen molar-refractivity contribution in [2.24, 2.45) is 0 Å². The molecule has 4 aromatic rings. The lowest BCUT2D eigenvalue weighted by Gasteiger charge is -2.13. The molecule has 0 aliphatic carbocycles. The number of amides is 1. The number of benzene rings is 2. The quantitative estimate of drug-likeness (QED) is 0.253. The van der Waals surface area contributed by atoms with Crippen molar-refractivity contribution in [1.29, 1.82) is 5.41 Å². The fourth-order valence-corrected chi connectivity index (χ4v) is 3.70. The largest absolute Gasteiger partial charge is 0.390 e. The number of hydrogen-bond donors (Lipinski definition) is 4. The van der Waals surface area contributed by atoms with Crippen LogP contribution < -0.4 is 10.6 Å². The van der Waals surface area contributed by atoms with Crippen molar-refractivity contribution in [3.8, 4) is 11.1 Å². The van der Waals surface area contributed by atoms with Crippen LogP contribution in [0.3, 0.4) is 0 Å². The average molecular weight is 424 g/mol. The first kappa shape index (κ1) is 21.1. The normalized spacial score (nSPS) is 11.7. The van der Waals surface area contributed by atoms with Crippen LogP contribution in [0.2, 0.25) is 0 Å². The summed E-state index contributed by atoms with van der Waals surface area (Å²) in [5.74, 6) is -0.271. The molecule has 0 radical (unpaired) electrons. The lowest BCUT2D eigenvalue weighted by Crippen LogP contribution is -2.28. The summed E-state index contributed by atoms with van der Waals surface area (Å²) in [5.41, 5.74) is 6.17. The number of carbonyl (C=O) groups excluding carboxylic acids is 1. The third-order valence-corrected chi connectivity index (χ3v) is 5.42. The molecule has 2 heterocycles. The minimum absolute atomic E-state index is 0.271. The molecule has 2 aromatic heterocycles. The molecule has 4 N–H and O–H groups in total. The number of H-pyrrole nitrogens is 1. The van der Waals surface area contributed by atoms with Crippen LogP contribution in [0.15, 0.2) is 90.4 Å². The zero-order chi connectivity index (χ0) is 22.3. The van der Waals surface area contributed by atoms with Gasteiger partial charge in [-0.05, 0) is 34.4 Å². The number of aromatic amines is 1. The van der Waals surface area contributed by atoms with Crippen molar-refractivity contribution in [3.05, 3.63) is 102 Å². The Hall–Kier alpha value is -4.19. The molecule has 4 rings (SSSR count). The van der Waals surface area contributed by atoms with Gasteiger partial charge < -0.3 is 21.0 Å². The predicted octanol–water partition coefficient (Wildman–Crippen LogP) is 4.21. The molecule has 0 spiro atoms. The van der Waals surface area contributed by atoms with E-state index in [9.17, 15) is 4.79 Å². The number of hydrogen-bond acceptors (Lipinski definition) is 4. The van der Waals surface area contributed by atoms with E-state index in [1.54, 1.807) is 13.2 Å². The van der Waals surface area contributed by atoms with E-state index in [4.69, 9.17) is 5.41 Å². The van der Waals surface area contributed by atoms with Gasteiger partial charge in [-0.3, -0.25) is 4.79 Å². The number of nitrogens with zero attached hydrogens (tertiary/aromatic N) is 1. The number of likely N-dealkylation sites (N-methyl/N-ethyl adjacent to an activating group) is 1. The molecule has 0 aliphatic heterocycles. The van der Waals surface area contributed by atoms with Crippen molar-refractivity contribution < 1.29 is 4.79 Å². The smallest absolute Gasteiger partial charge is 0.254 e. The molecule has 6 nitrogen and oxygen atoms in total. The van der Waals surface area contributed by atoms with E-state index in [0.717, 1.165) is 39.5 Å². The second-order valence-corrected chi connectivity index (χ2v) is 7.43. The molecule has 32 heavy (non-hydrogen) atoms. The molecule has 6 heteroatoms. The Balaban J connectivity index is 1.46. The van der Waals surface area contributed by atoms with Crippen LogP contribution in [0.25, 0.3) is 22.2 Å². The molecule has 0 fully saturated rings. The third-order valence-electron chi connectivity index (χ3n) is 5.42. The molecule has 0 aliphatic rings. The maximum Gasteiger partial charge on any atom is 0.254 e. The van der Waals surface area contributed by atoms with Gasteiger partial charge in [-0.2, -0.15) is 0 Å². The molecule has 160 valence electrons. The highest BCUT2D eigenvalue weighted by Gasteiger charge is 2.13. The molecule has 0 atom stereocenters. The Bertz CT molecular complexity index is 1260. The highest BCUT2D eigenvalue weighted by atomic mass is 16.1. The number of fused-ring (bicyclic) bond motifs is 1. The lowest BCUT2D eigenvalue weighted by molar-refractivity contribution is -0.117. The molecule has 2 aromatic carbocycles. The first-order chi connectivity index (χ1) is 15.7. The van der Waals surface area contributed by atoms with Gasteiger partial charge in [-0.15, -0.1) is 0 Å². The van der Waals surface area contributed by atoms with E-state index < -0.39 is 0 Å². The van der Waals surface area contributed by atoms with Gasteiger partial charge in [-0.25, -0.2) is 4.98 Å². The van der Waals surface area contributed by atoms with E-state index >= 15 is 0 Å². The van der Waals surface area contributed by atoms with Gasteiger partial charge in [0, 0.05) is 49.7 Å². The van der Waals surface area contributed by atoms with Gasteiger partial charge in [0.25, 0.3) is 5.91 Å². The molecule has 0 saturated carbocycles. The Morgan fingerprint density at radius 2 is 1.81 bits per heavy atom. The van der Waals surface area contributed by atoms with Gasteiger partial charge in [-0.1, -0.05) is 54.6 Å². The molecule has 0 unspecified atom stereocenters. The number of pyridine rings is 1. The van der Waals surface area contributed by atoms with Crippen LogP contribution in [0.4, 0.5) is 0 Å². The number of allylic oxidation sites excluding steroid dienone is 1. The van der Waals surface area contributed by atoms with E-state index in [1.807, 2.05) is 72.9 Å². The highest BCUT2D eigenvalue weighted by Crippen LogP contribution is 2.27. The summed E-state index contributed by atoms with van der Waals surface area (Å²) in [6, 6.07) is 22.0. The maximum atomic E-state index is 12.8. The topological polar surface area (TPSA) is 93.7 Å². The van der Waals surface area contributed by atoms with Gasteiger partial charge in [0.1, 0.15) is 5.65 Å². The molecular formula is C26H25N5O. The van der Waals surface area contributed by atoms with E-state index in [-0.39, 0.29) is 5.91 Å². The predicted molar refractivity (Wildman–Crippen MR) is 128 cm³/mol. The van der Waals surface area contributed by atoms with Crippen LogP contribution in [0, 0.1) is 5.41 Å². The SMILES string of the molecule is CN/C(Cc1ccccc1)=C(\C=N)C(=O)NCc1ccc(-c2ccnc3[nH]ccc23)cc1. The van der Waals surface area contributed by atoms with E-state index in [0.29, 0.717) is 24.2 Å². The van der Waals surface area contributed by atoms with Crippen molar-refractivity contribution in [3.63, 3.8) is 0 Å². The molecule has 1 amide bonds. The summed E-state index contributed by atoms with van der Waals surface area (Å²) in [4.78, 5) is 20.2. The molecular weight excluding hydrogens is 398 g/mol. The van der Waals surface area contributed by atoms with E-state index in [1.165, 1.54) is 0 Å². The second kappa shape index (κ2) is 9.75. The monoisotopic (exact) mass is 423 g/mol. The zero-order valence-corrected chi connectivity index (χ0v) is 17.9. The third kappa shape index (κ3) is 4.59. The average Bonchev–Trinajstić information content (AvgIpc) is 3.33. The van der Waals surface area contributed by atoms with Gasteiger partial charge in [0.05, 0.1) is 5.57 Å². The van der Waals surface area contributed by atoms with Crippen molar-refractivity contribution in [2.45, 2.75) is 13.0 Å². The summed E-state index contributed by atoms with van der Waals surface area (Å²) in [6.45, 7) is 0.384. The standard InChI is InChI=1S/C26H25N5O/c1-28-24(15-18-5-3-2-4-6-18)23(16-27)26(32)31-17-19-7-9-20(10-8-19)21-11-13-29-25-22(21)12-14-30-25/h2-14,16,27-28H,15,17H2,1H3,(H,29,30)(H,31,32)/b24-23+,27-16?. The van der Waals surface area contributed by atoms with E-state index in [2.05, 4.69) is 20.6 Å². The van der Waals surface area contributed by atoms with Crippen LogP contribution in [0.5, 0.6) is 0 Å². The summed E-state index contributed by atoms with van der Waals surface area (Å²) in [7, 11) is 1.77. The fraction of sp³-hybridized carbons (Fsp3) is 0.115. The maximum absolute atomic E-state index is 12.8. The Morgan fingerprint density at radius 1 is 1.03 bits per heavy atom. The summed E-state index contributed by atoms with van der Waals surface area (Å²) in [5, 5.41) is 14.8. The van der Waals surface area contributed by atoms with Crippen molar-refractivity contribution in [2.75, 3.05) is 7.05 Å². The highest BCUT2D eigenvalue weighted by molar-refractivity contribution is 6.12. The lowest BCUT2D eigenvalue weighted by atomic mass is 10.0. The van der Waals surface area contributed by atoms with Gasteiger partial charge in [0.15, 0.2) is 0 Å². The van der Waals surface area contributed by atoms with Crippen LogP contribution in [-0.4, -0.2) is 29.1 Å². The Kier molecular flexibility index (Phi) is 6.41. The minimum atomic E-state index is -0.271. The second-order valence-electron chi connectivity index (χ2n) is 7.43. The van der Waals surface area contributed by atoms with Crippen molar-refractivity contribution >= 4 is 23.2 Å². The van der Waals surface area contributed by atoms with Gasteiger partial charge in [0.2, 0.25) is 0 Å². The Labute approximate surface area is 186 Å². The first-order valence-corrected chi connectivity index (χ1v) is 10.4. The van der Waals surface area contributed by atoms with Gasteiger partial charge >= 0.3 is 0 Å². The summed E-state index contributed by atoms with van der Waals surface area (Å²) in [6.07, 6.45) is 5.35. The number of rotatable bonds is 8. The summed E-state index contributed by atoms with van der Waals surface area (Å²) < 4.78 is 0. The summed E-state index contributed by atoms with van der Waals surface area (Å²) >= 11 is 0. The fourth-order valence-electron chi connectivity index (χ4n) is 3.70. The van der Waals surface area contributed by atoms with Crippen molar-refractivity contribution in [1.82, 2.24) is 20.6 Å². The van der Waals surface area contributed by atoms with Crippen LogP contribution in [0.1, 0.15) is 11.1 Å². The first-order valence-electron chi connectivity index (χ1n) is 10.4. The van der Waals surface area contributed by atoms with Crippen LogP contribution >= 0.6 is 0 Å². The minimum Gasteiger partial charge on any atom is -0.390 e. The molecule has 0 bridgehead atoms. The number of carbonyl (C=O) groups is 1. The zero-order valence-electron chi connectivity index (χ0n) is 17.9. The molecule has 0 saturated heterocycles. The number of nitrogens with one attached hydrogen (secondary N) is 4. The Morgan fingerprint density at radius 3 is 2.53 bits per heavy atom. The van der Waals surface area contributed by atoms with Crippen LogP contribution in [-0.2, 0) is 17.8 Å². The number of aromatic nitrogens is 2.